The average molecular weight is 302 g/mol. The van der Waals surface area contributed by atoms with Gasteiger partial charge in [-0.3, -0.25) is 0 Å². The summed E-state index contributed by atoms with van der Waals surface area (Å²) in [6.45, 7) is 3.27. The number of hydrogen-bond donors (Lipinski definition) is 1. The first-order chi connectivity index (χ1) is 7.83. The lowest BCUT2D eigenvalue weighted by atomic mass is 9.83. The Balaban J connectivity index is 2.12. The molecule has 0 spiro atoms. The number of halogens is 1. The Morgan fingerprint density at radius 1 is 1.44 bits per heavy atom. The zero-order valence-corrected chi connectivity index (χ0v) is 12.2. The molecule has 1 aliphatic rings. The highest BCUT2D eigenvalue weighted by Crippen LogP contribution is 2.39. The van der Waals surface area contributed by atoms with Crippen molar-refractivity contribution in [1.29, 1.82) is 0 Å². The van der Waals surface area contributed by atoms with E-state index in [0.717, 1.165) is 12.5 Å². The van der Waals surface area contributed by atoms with Gasteiger partial charge in [-0.25, -0.2) is 0 Å². The van der Waals surface area contributed by atoms with Crippen LogP contribution in [0.15, 0.2) is 15.9 Å². The molecule has 0 amide bonds. The first-order valence-electron chi connectivity index (χ1n) is 6.29. The van der Waals surface area contributed by atoms with Crippen molar-refractivity contribution in [3.05, 3.63) is 20.8 Å². The number of rotatable bonds is 4. The van der Waals surface area contributed by atoms with Gasteiger partial charge >= 0.3 is 0 Å². The third kappa shape index (κ3) is 2.88. The molecule has 0 radical (unpaired) electrons. The molecule has 0 aromatic carbocycles. The quantitative estimate of drug-likeness (QED) is 0.847. The van der Waals surface area contributed by atoms with Crippen LogP contribution < -0.4 is 5.32 Å². The summed E-state index contributed by atoms with van der Waals surface area (Å²) in [5.41, 5.74) is 0. The van der Waals surface area contributed by atoms with Gasteiger partial charge in [-0.1, -0.05) is 26.2 Å². The number of hydrogen-bond acceptors (Lipinski definition) is 2. The van der Waals surface area contributed by atoms with E-state index < -0.39 is 0 Å². The highest BCUT2D eigenvalue weighted by molar-refractivity contribution is 9.10. The molecule has 1 atom stereocenters. The Hall–Kier alpha value is 0.140. The minimum atomic E-state index is 0.569. The normalized spacial score (nSPS) is 19.9. The SMILES string of the molecule is CCNC(c1sccc1Br)C1CCCCC1. The van der Waals surface area contributed by atoms with E-state index >= 15 is 0 Å². The second kappa shape index (κ2) is 6.18. The van der Waals surface area contributed by atoms with Gasteiger partial charge in [0, 0.05) is 15.4 Å². The minimum Gasteiger partial charge on any atom is -0.309 e. The van der Waals surface area contributed by atoms with Crippen molar-refractivity contribution in [1.82, 2.24) is 5.32 Å². The molecular formula is C13H20BrNS. The van der Waals surface area contributed by atoms with E-state index in [-0.39, 0.29) is 0 Å². The Morgan fingerprint density at radius 3 is 2.75 bits per heavy atom. The lowest BCUT2D eigenvalue weighted by Crippen LogP contribution is -2.29. The molecule has 0 saturated heterocycles. The van der Waals surface area contributed by atoms with Crippen molar-refractivity contribution in [2.24, 2.45) is 5.92 Å². The summed E-state index contributed by atoms with van der Waals surface area (Å²) in [6, 6.07) is 2.74. The third-order valence-electron chi connectivity index (χ3n) is 3.47. The molecule has 1 fully saturated rings. The van der Waals surface area contributed by atoms with Gasteiger partial charge in [0.15, 0.2) is 0 Å². The molecule has 1 saturated carbocycles. The van der Waals surface area contributed by atoms with Crippen LogP contribution in [-0.4, -0.2) is 6.54 Å². The smallest absolute Gasteiger partial charge is 0.0454 e. The Kier molecular flexibility index (Phi) is 4.86. The van der Waals surface area contributed by atoms with Crippen LogP contribution >= 0.6 is 27.3 Å². The largest absolute Gasteiger partial charge is 0.309 e. The van der Waals surface area contributed by atoms with Gasteiger partial charge in [0.25, 0.3) is 0 Å². The molecule has 1 unspecified atom stereocenters. The Bertz CT molecular complexity index is 317. The first kappa shape index (κ1) is 12.6. The van der Waals surface area contributed by atoms with Gasteiger partial charge in [0.1, 0.15) is 0 Å². The van der Waals surface area contributed by atoms with E-state index in [2.05, 4.69) is 39.6 Å². The van der Waals surface area contributed by atoms with Crippen LogP contribution in [0.4, 0.5) is 0 Å². The molecule has 90 valence electrons. The monoisotopic (exact) mass is 301 g/mol. The van der Waals surface area contributed by atoms with E-state index in [0.29, 0.717) is 6.04 Å². The van der Waals surface area contributed by atoms with Gasteiger partial charge in [-0.15, -0.1) is 11.3 Å². The average Bonchev–Trinajstić information content (AvgIpc) is 2.73. The van der Waals surface area contributed by atoms with Gasteiger partial charge in [0.05, 0.1) is 0 Å². The molecule has 3 heteroatoms. The fourth-order valence-corrected chi connectivity index (χ4v) is 4.48. The maximum Gasteiger partial charge on any atom is 0.0454 e. The summed E-state index contributed by atoms with van der Waals surface area (Å²) in [5, 5.41) is 5.86. The Morgan fingerprint density at radius 2 is 2.19 bits per heavy atom. The Labute approximate surface area is 111 Å². The van der Waals surface area contributed by atoms with Gasteiger partial charge in [-0.05, 0) is 52.7 Å². The van der Waals surface area contributed by atoms with E-state index in [4.69, 9.17) is 0 Å². The molecule has 1 aromatic heterocycles. The molecular weight excluding hydrogens is 282 g/mol. The van der Waals surface area contributed by atoms with Crippen LogP contribution in [-0.2, 0) is 0 Å². The summed E-state index contributed by atoms with van der Waals surface area (Å²) in [5.74, 6) is 0.837. The summed E-state index contributed by atoms with van der Waals surface area (Å²) < 4.78 is 1.29. The van der Waals surface area contributed by atoms with Crippen LogP contribution in [0.3, 0.4) is 0 Å². The van der Waals surface area contributed by atoms with E-state index in [9.17, 15) is 0 Å². The highest BCUT2D eigenvalue weighted by Gasteiger charge is 2.26. The third-order valence-corrected chi connectivity index (χ3v) is 5.43. The molecule has 0 bridgehead atoms. The molecule has 1 N–H and O–H groups in total. The molecule has 1 aromatic rings. The first-order valence-corrected chi connectivity index (χ1v) is 7.96. The zero-order chi connectivity index (χ0) is 11.4. The lowest BCUT2D eigenvalue weighted by molar-refractivity contribution is 0.277. The number of thiophene rings is 1. The van der Waals surface area contributed by atoms with Crippen LogP contribution in [0.5, 0.6) is 0 Å². The summed E-state index contributed by atoms with van der Waals surface area (Å²) in [4.78, 5) is 1.49. The minimum absolute atomic E-state index is 0.569. The molecule has 16 heavy (non-hydrogen) atoms. The summed E-state index contributed by atoms with van der Waals surface area (Å²) in [6.07, 6.45) is 7.04. The van der Waals surface area contributed by atoms with Crippen LogP contribution in [0.25, 0.3) is 0 Å². The van der Waals surface area contributed by atoms with Crippen molar-refractivity contribution in [3.8, 4) is 0 Å². The van der Waals surface area contributed by atoms with E-state index in [1.807, 2.05) is 11.3 Å². The van der Waals surface area contributed by atoms with Crippen molar-refractivity contribution in [2.45, 2.75) is 45.1 Å². The zero-order valence-electron chi connectivity index (χ0n) is 9.84. The van der Waals surface area contributed by atoms with Gasteiger partial charge < -0.3 is 5.32 Å². The van der Waals surface area contributed by atoms with Crippen LogP contribution in [0.2, 0.25) is 0 Å². The van der Waals surface area contributed by atoms with Crippen molar-refractivity contribution >= 4 is 27.3 Å². The lowest BCUT2D eigenvalue weighted by Gasteiger charge is -2.30. The van der Waals surface area contributed by atoms with Gasteiger partial charge in [-0.2, -0.15) is 0 Å². The topological polar surface area (TPSA) is 12.0 Å². The number of nitrogens with one attached hydrogen (secondary N) is 1. The predicted molar refractivity (Wildman–Crippen MR) is 75.0 cm³/mol. The van der Waals surface area contributed by atoms with E-state index in [1.165, 1.54) is 41.5 Å². The predicted octanol–water partition coefficient (Wildman–Crippen LogP) is 4.74. The summed E-state index contributed by atoms with van der Waals surface area (Å²) in [7, 11) is 0. The fourth-order valence-electron chi connectivity index (χ4n) is 2.69. The second-order valence-electron chi connectivity index (χ2n) is 4.57. The van der Waals surface area contributed by atoms with Crippen molar-refractivity contribution < 1.29 is 0 Å². The highest BCUT2D eigenvalue weighted by atomic mass is 79.9. The van der Waals surface area contributed by atoms with Crippen molar-refractivity contribution in [2.75, 3.05) is 6.54 Å². The molecule has 2 rings (SSSR count). The maximum atomic E-state index is 3.68. The molecule has 0 aliphatic heterocycles. The van der Waals surface area contributed by atoms with E-state index in [1.54, 1.807) is 0 Å². The standard InChI is InChI=1S/C13H20BrNS/c1-2-15-12(10-6-4-3-5-7-10)13-11(14)8-9-16-13/h8-10,12,15H,2-7H2,1H3. The van der Waals surface area contributed by atoms with Crippen molar-refractivity contribution in [3.63, 3.8) is 0 Å². The van der Waals surface area contributed by atoms with Crippen LogP contribution in [0, 0.1) is 5.92 Å². The molecule has 1 nitrogen and oxygen atoms in total. The summed E-state index contributed by atoms with van der Waals surface area (Å²) >= 11 is 5.56. The van der Waals surface area contributed by atoms with Gasteiger partial charge in [0.2, 0.25) is 0 Å². The molecule has 1 heterocycles. The maximum absolute atomic E-state index is 3.68. The van der Waals surface area contributed by atoms with Crippen LogP contribution in [0.1, 0.15) is 49.9 Å². The second-order valence-corrected chi connectivity index (χ2v) is 6.37. The molecule has 1 aliphatic carbocycles. The fraction of sp³-hybridized carbons (Fsp3) is 0.692.